The maximum absolute atomic E-state index is 10.7. The van der Waals surface area contributed by atoms with Crippen LogP contribution in [0.4, 0.5) is 4.79 Å². The molecule has 5 heteroatoms. The molecule has 0 aliphatic rings. The summed E-state index contributed by atoms with van der Waals surface area (Å²) in [6.45, 7) is 3.75. The molecule has 0 bridgehead atoms. The van der Waals surface area contributed by atoms with Gasteiger partial charge in [0.05, 0.1) is 13.5 Å². The van der Waals surface area contributed by atoms with Gasteiger partial charge in [0, 0.05) is 0 Å². The van der Waals surface area contributed by atoms with Crippen LogP contribution in [-0.2, 0) is 9.47 Å². The zero-order valence-electron chi connectivity index (χ0n) is 7.76. The van der Waals surface area contributed by atoms with Crippen LogP contribution in [0.25, 0.3) is 0 Å². The first-order valence-corrected chi connectivity index (χ1v) is 3.43. The maximum atomic E-state index is 10.7. The zero-order valence-corrected chi connectivity index (χ0v) is 8.51. The molecule has 0 radical (unpaired) electrons. The van der Waals surface area contributed by atoms with Gasteiger partial charge in [0.1, 0.15) is 14.1 Å². The topological polar surface area (TPSA) is 38.5 Å². The number of hydrogen-bond acceptors (Lipinski definition) is 3. The third-order valence-electron chi connectivity index (χ3n) is 1.12. The number of rotatable bonds is 1. The molecule has 0 aromatic rings. The van der Waals surface area contributed by atoms with Gasteiger partial charge in [-0.15, -0.1) is 0 Å². The lowest BCUT2D eigenvalue weighted by atomic mass is 10.7. The lowest BCUT2D eigenvalue weighted by molar-refractivity contribution is -0.473. The van der Waals surface area contributed by atoms with Crippen LogP contribution in [-0.4, -0.2) is 37.3 Å². The number of halogens is 1. The van der Waals surface area contributed by atoms with Crippen molar-refractivity contribution in [3.05, 3.63) is 0 Å². The van der Waals surface area contributed by atoms with Gasteiger partial charge in [0.2, 0.25) is 0 Å². The van der Waals surface area contributed by atoms with Crippen LogP contribution in [0.5, 0.6) is 0 Å². The molecule has 0 rings (SSSR count). The van der Waals surface area contributed by atoms with Crippen LogP contribution in [0.2, 0.25) is 0 Å². The molecular weight excluding hydrogens is 182 g/mol. The van der Waals surface area contributed by atoms with Gasteiger partial charge in [-0.25, -0.2) is 9.37 Å². The van der Waals surface area contributed by atoms with E-state index in [1.54, 1.807) is 32.5 Å². The van der Waals surface area contributed by atoms with Gasteiger partial charge in [0.15, 0.2) is 0 Å². The van der Waals surface area contributed by atoms with Gasteiger partial charge < -0.3 is 21.9 Å². The lowest BCUT2D eigenvalue weighted by Gasteiger charge is -2.00. The van der Waals surface area contributed by atoms with Crippen LogP contribution in [0, 0.1) is 0 Å². The molecule has 0 heterocycles. The fourth-order valence-corrected chi connectivity index (χ4v) is 0.359. The molecule has 0 aliphatic heterocycles. The molecule has 0 spiro atoms. The lowest BCUT2D eigenvalue weighted by Crippen LogP contribution is -3.00. The van der Waals surface area contributed by atoms with Crippen molar-refractivity contribution in [2.24, 2.45) is 0 Å². The summed E-state index contributed by atoms with van der Waals surface area (Å²) in [5, 5.41) is 0. The molecule has 0 N–H and O–H groups in total. The van der Waals surface area contributed by atoms with E-state index in [1.807, 2.05) is 0 Å². The largest absolute Gasteiger partial charge is 1.00 e. The molecule has 12 heavy (non-hydrogen) atoms. The molecule has 72 valence electrons. The van der Waals surface area contributed by atoms with Crippen molar-refractivity contribution in [3.63, 3.8) is 0 Å². The highest BCUT2D eigenvalue weighted by Crippen LogP contribution is 1.86. The molecule has 0 saturated carbocycles. The summed E-state index contributed by atoms with van der Waals surface area (Å²) < 4.78 is 11.0. The van der Waals surface area contributed by atoms with Crippen molar-refractivity contribution < 1.29 is 31.3 Å². The molecule has 0 atom stereocenters. The zero-order chi connectivity index (χ0) is 8.85. The van der Waals surface area contributed by atoms with E-state index in [0.29, 0.717) is 12.5 Å². The van der Waals surface area contributed by atoms with E-state index in [-0.39, 0.29) is 12.4 Å². The molecule has 0 aromatic carbocycles. The van der Waals surface area contributed by atoms with Crippen LogP contribution < -0.4 is 12.4 Å². The van der Waals surface area contributed by atoms with Gasteiger partial charge in [-0.3, -0.25) is 0 Å². The number of nitrogens with zero attached hydrogens (tertiary/aromatic N) is 1. The van der Waals surface area contributed by atoms with Crippen molar-refractivity contribution in [1.29, 1.82) is 0 Å². The molecule has 0 aromatic heterocycles. The average molecular weight is 196 g/mol. The van der Waals surface area contributed by atoms with Gasteiger partial charge in [-0.05, 0) is 6.92 Å². The number of ether oxygens (including phenoxy) is 2. The second kappa shape index (κ2) is 6.91. The van der Waals surface area contributed by atoms with E-state index in [0.717, 1.165) is 0 Å². The van der Waals surface area contributed by atoms with E-state index in [2.05, 4.69) is 4.74 Å². The number of carbonyl (C=O) groups excluding carboxylic acids is 1. The van der Waals surface area contributed by atoms with Crippen molar-refractivity contribution in [2.75, 3.05) is 20.7 Å². The second-order valence-electron chi connectivity index (χ2n) is 2.20. The van der Waals surface area contributed by atoms with Crippen LogP contribution in [0.15, 0.2) is 0 Å². The Balaban J connectivity index is 0. The predicted octanol–water partition coefficient (Wildman–Crippen LogP) is -2.15. The van der Waals surface area contributed by atoms with E-state index >= 15 is 0 Å². The van der Waals surface area contributed by atoms with Crippen LogP contribution in [0.3, 0.4) is 0 Å². The first-order chi connectivity index (χ1) is 5.07. The van der Waals surface area contributed by atoms with Crippen molar-refractivity contribution >= 4 is 12.1 Å². The fraction of sp³-hybridized carbons (Fsp3) is 0.714. The van der Waals surface area contributed by atoms with Crippen LogP contribution >= 0.6 is 0 Å². The Hall–Kier alpha value is -0.770. The third kappa shape index (κ3) is 5.97. The van der Waals surface area contributed by atoms with Crippen molar-refractivity contribution in [2.45, 2.75) is 13.8 Å². The summed E-state index contributed by atoms with van der Waals surface area (Å²) in [7, 11) is 3.57. The summed E-state index contributed by atoms with van der Waals surface area (Å²) in [5.41, 5.74) is 0. The molecule has 0 saturated heterocycles. The highest BCUT2D eigenvalue weighted by Gasteiger charge is 2.09. The molecule has 0 aliphatic carbocycles. The Morgan fingerprint density at radius 3 is 2.25 bits per heavy atom. The Labute approximate surface area is 78.6 Å². The molecule has 0 unspecified atom stereocenters. The second-order valence-corrected chi connectivity index (χ2v) is 2.20. The van der Waals surface area contributed by atoms with Gasteiger partial charge in [0.25, 0.3) is 0 Å². The Morgan fingerprint density at radius 2 is 1.92 bits per heavy atom. The SMILES string of the molecule is CCOC(=O)OC(C)=[N+](C)C.[Cl-]. The van der Waals surface area contributed by atoms with E-state index in [9.17, 15) is 4.79 Å². The summed E-state index contributed by atoms with van der Waals surface area (Å²) in [6, 6.07) is 0. The van der Waals surface area contributed by atoms with E-state index in [4.69, 9.17) is 4.74 Å². The Kier molecular flexibility index (Phi) is 7.94. The van der Waals surface area contributed by atoms with Gasteiger partial charge >= 0.3 is 12.1 Å². The monoisotopic (exact) mass is 195 g/mol. The number of hydrogen-bond donors (Lipinski definition) is 0. The molecule has 0 fully saturated rings. The third-order valence-corrected chi connectivity index (χ3v) is 1.12. The minimum absolute atomic E-state index is 0. The Morgan fingerprint density at radius 1 is 1.42 bits per heavy atom. The summed E-state index contributed by atoms with van der Waals surface area (Å²) >= 11 is 0. The van der Waals surface area contributed by atoms with E-state index in [1.165, 1.54) is 0 Å². The summed E-state index contributed by atoms with van der Waals surface area (Å²) in [4.78, 5) is 10.7. The van der Waals surface area contributed by atoms with Gasteiger partial charge in [-0.1, -0.05) is 0 Å². The van der Waals surface area contributed by atoms with Gasteiger partial charge in [-0.2, -0.15) is 0 Å². The Bertz CT molecular complexity index is 175. The standard InChI is InChI=1S/C7H14NO3.ClH/c1-5-10-7(9)11-6(2)8(3)4;/h5H2,1-4H3;1H/q+1;/p-1. The highest BCUT2D eigenvalue weighted by molar-refractivity contribution is 5.80. The van der Waals surface area contributed by atoms with Crippen molar-refractivity contribution in [1.82, 2.24) is 0 Å². The molecule has 0 amide bonds. The molecule has 4 nitrogen and oxygen atoms in total. The quantitative estimate of drug-likeness (QED) is 0.207. The average Bonchev–Trinajstić information content (AvgIpc) is 1.87. The smallest absolute Gasteiger partial charge is 0.517 e. The maximum Gasteiger partial charge on any atom is 0.517 e. The van der Waals surface area contributed by atoms with Crippen LogP contribution in [0.1, 0.15) is 13.8 Å². The predicted molar refractivity (Wildman–Crippen MR) is 40.9 cm³/mol. The summed E-state index contributed by atoms with van der Waals surface area (Å²) in [5.74, 6) is 0.517. The normalized spacial score (nSPS) is 8.00. The first-order valence-electron chi connectivity index (χ1n) is 3.43. The summed E-state index contributed by atoms with van der Waals surface area (Å²) in [6.07, 6.45) is -0.654. The highest BCUT2D eigenvalue weighted by atomic mass is 35.5. The minimum atomic E-state index is -0.654. The molecular formula is C7H14ClNO3. The fourth-order valence-electron chi connectivity index (χ4n) is 0.359. The first kappa shape index (κ1) is 13.8. The van der Waals surface area contributed by atoms with E-state index < -0.39 is 6.16 Å². The van der Waals surface area contributed by atoms with Crippen molar-refractivity contribution in [3.8, 4) is 0 Å². The number of carbonyl (C=O) groups is 1. The minimum Gasteiger partial charge on any atom is -1.00 e.